The van der Waals surface area contributed by atoms with Gasteiger partial charge in [-0.05, 0) is 60.1 Å². The van der Waals surface area contributed by atoms with Crippen LogP contribution in [0.1, 0.15) is 71.5 Å². The average Bonchev–Trinajstić information content (AvgIpc) is 3.48. The Bertz CT molecular complexity index is 1680. The van der Waals surface area contributed by atoms with Crippen molar-refractivity contribution in [1.82, 2.24) is 19.4 Å². The minimum atomic E-state index is -0.864. The third-order valence-corrected chi connectivity index (χ3v) is 8.75. The Labute approximate surface area is 228 Å². The van der Waals surface area contributed by atoms with Gasteiger partial charge in [0.25, 0.3) is 0 Å². The molecule has 2 aromatic carbocycles. The second kappa shape index (κ2) is 10.0. The molecule has 6 nitrogen and oxygen atoms in total. The van der Waals surface area contributed by atoms with Crippen LogP contribution in [-0.2, 0) is 26.2 Å². The SMILES string of the molecule is O=C(O)c1ccc2c(C3CCCCC3)c3n(c2c1)CCCn1cc(CNCc2cccnc2)c2cccc-3c21. The van der Waals surface area contributed by atoms with Crippen LogP contribution in [0.5, 0.6) is 0 Å². The van der Waals surface area contributed by atoms with E-state index < -0.39 is 5.97 Å². The molecular weight excluding hydrogens is 484 g/mol. The Hall–Kier alpha value is -3.90. The van der Waals surface area contributed by atoms with E-state index in [1.807, 2.05) is 24.5 Å². The highest BCUT2D eigenvalue weighted by Crippen LogP contribution is 2.46. The maximum atomic E-state index is 11.9. The zero-order valence-corrected chi connectivity index (χ0v) is 22.2. The third-order valence-electron chi connectivity index (χ3n) is 8.75. The van der Waals surface area contributed by atoms with Gasteiger partial charge in [-0.1, -0.05) is 49.6 Å². The van der Waals surface area contributed by atoms with E-state index in [9.17, 15) is 9.90 Å². The van der Waals surface area contributed by atoms with E-state index in [0.29, 0.717) is 11.5 Å². The van der Waals surface area contributed by atoms with E-state index >= 15 is 0 Å². The highest BCUT2D eigenvalue weighted by Gasteiger charge is 2.29. The van der Waals surface area contributed by atoms with E-state index in [4.69, 9.17) is 0 Å². The van der Waals surface area contributed by atoms with Crippen LogP contribution in [-0.4, -0.2) is 25.2 Å². The molecule has 198 valence electrons. The maximum Gasteiger partial charge on any atom is 0.335 e. The molecule has 7 rings (SSSR count). The van der Waals surface area contributed by atoms with Gasteiger partial charge in [-0.2, -0.15) is 0 Å². The molecular formula is C33H34N4O2. The summed E-state index contributed by atoms with van der Waals surface area (Å²) in [6.45, 7) is 3.39. The number of rotatable bonds is 6. The Kier molecular flexibility index (Phi) is 6.20. The first-order chi connectivity index (χ1) is 19.2. The van der Waals surface area contributed by atoms with Gasteiger partial charge in [0.05, 0.1) is 16.8 Å². The van der Waals surface area contributed by atoms with Crippen molar-refractivity contribution >= 4 is 27.8 Å². The number of aryl methyl sites for hydroxylation is 2. The van der Waals surface area contributed by atoms with Crippen molar-refractivity contribution < 1.29 is 9.90 Å². The van der Waals surface area contributed by atoms with Crippen LogP contribution in [0.3, 0.4) is 0 Å². The summed E-state index contributed by atoms with van der Waals surface area (Å²) in [7, 11) is 0. The van der Waals surface area contributed by atoms with Crippen molar-refractivity contribution in [2.75, 3.05) is 0 Å². The molecule has 2 N–H and O–H groups in total. The summed E-state index contributed by atoms with van der Waals surface area (Å²) >= 11 is 0. The standard InChI is InChI=1S/C33H34N4O2/c38-33(39)24-12-13-27-29(17-24)37-16-6-15-36-21-25(20-35-19-22-7-5-14-34-18-22)26-10-4-11-28(31(26)36)32(37)30(27)23-8-2-1-3-9-23/h4-5,7,10-14,17-18,21,23,35H,1-3,6,8-9,15-16,19-20H2,(H,38,39). The van der Waals surface area contributed by atoms with Crippen molar-refractivity contribution in [3.8, 4) is 11.3 Å². The van der Waals surface area contributed by atoms with Crippen LogP contribution in [0.15, 0.2) is 67.1 Å². The summed E-state index contributed by atoms with van der Waals surface area (Å²) in [5.41, 5.74) is 9.24. The van der Waals surface area contributed by atoms with Crippen LogP contribution in [0.2, 0.25) is 0 Å². The first-order valence-corrected chi connectivity index (χ1v) is 14.3. The van der Waals surface area contributed by atoms with E-state index in [-0.39, 0.29) is 0 Å². The number of benzene rings is 2. The van der Waals surface area contributed by atoms with Crippen LogP contribution in [0.4, 0.5) is 0 Å². The maximum absolute atomic E-state index is 11.9. The van der Waals surface area contributed by atoms with Gasteiger partial charge in [0.1, 0.15) is 0 Å². The number of carboxylic acid groups (broad SMARTS) is 1. The van der Waals surface area contributed by atoms with Crippen LogP contribution in [0, 0.1) is 0 Å². The molecule has 0 bridgehead atoms. The number of aromatic nitrogens is 3. The summed E-state index contributed by atoms with van der Waals surface area (Å²) in [6, 6.07) is 16.6. The quantitative estimate of drug-likeness (QED) is 0.252. The fourth-order valence-electron chi connectivity index (χ4n) is 7.02. The van der Waals surface area contributed by atoms with E-state index in [2.05, 4.69) is 56.0 Å². The summed E-state index contributed by atoms with van der Waals surface area (Å²) in [5, 5.41) is 15.9. The minimum Gasteiger partial charge on any atom is -0.478 e. The van der Waals surface area contributed by atoms with Gasteiger partial charge in [0.15, 0.2) is 0 Å². The molecule has 1 fully saturated rings. The molecule has 1 saturated carbocycles. The molecule has 2 aliphatic rings. The highest BCUT2D eigenvalue weighted by molar-refractivity contribution is 6.03. The molecule has 0 spiro atoms. The third kappa shape index (κ3) is 4.23. The minimum absolute atomic E-state index is 0.364. The van der Waals surface area contributed by atoms with E-state index in [0.717, 1.165) is 38.1 Å². The van der Waals surface area contributed by atoms with Crippen LogP contribution in [0.25, 0.3) is 33.1 Å². The Morgan fingerprint density at radius 3 is 2.69 bits per heavy atom. The fraction of sp³-hybridized carbons (Fsp3) is 0.333. The van der Waals surface area contributed by atoms with Gasteiger partial charge in [0.2, 0.25) is 0 Å². The monoisotopic (exact) mass is 518 g/mol. The number of carbonyl (C=O) groups is 1. The summed E-state index contributed by atoms with van der Waals surface area (Å²) in [6.07, 6.45) is 13.3. The van der Waals surface area contributed by atoms with Gasteiger partial charge in [-0.25, -0.2) is 4.79 Å². The molecule has 3 aromatic heterocycles. The topological polar surface area (TPSA) is 72.1 Å². The normalized spacial score (nSPS) is 15.8. The predicted molar refractivity (Wildman–Crippen MR) is 155 cm³/mol. The van der Waals surface area contributed by atoms with E-state index in [1.165, 1.54) is 76.3 Å². The lowest BCUT2D eigenvalue weighted by Crippen LogP contribution is -2.12. The number of pyridine rings is 1. The number of aromatic carboxylic acids is 1. The molecule has 0 unspecified atom stereocenters. The molecule has 39 heavy (non-hydrogen) atoms. The number of hydrogen-bond donors (Lipinski definition) is 2. The molecule has 6 heteroatoms. The van der Waals surface area contributed by atoms with Crippen molar-refractivity contribution in [1.29, 1.82) is 0 Å². The Morgan fingerprint density at radius 1 is 0.974 bits per heavy atom. The number of nitrogens with zero attached hydrogens (tertiary/aromatic N) is 3. The lowest BCUT2D eigenvalue weighted by Gasteiger charge is -2.25. The summed E-state index contributed by atoms with van der Waals surface area (Å²) < 4.78 is 4.90. The highest BCUT2D eigenvalue weighted by atomic mass is 16.4. The predicted octanol–water partition coefficient (Wildman–Crippen LogP) is 7.10. The van der Waals surface area contributed by atoms with Gasteiger partial charge in [-0.15, -0.1) is 0 Å². The van der Waals surface area contributed by atoms with Crippen molar-refractivity contribution in [2.45, 2.75) is 70.6 Å². The number of carboxylic acids is 1. The van der Waals surface area contributed by atoms with Crippen molar-refractivity contribution in [3.63, 3.8) is 0 Å². The summed E-state index contributed by atoms with van der Waals surface area (Å²) in [5.74, 6) is -0.358. The van der Waals surface area contributed by atoms with Gasteiger partial charge in [-0.3, -0.25) is 4.98 Å². The zero-order valence-electron chi connectivity index (χ0n) is 22.2. The fourth-order valence-corrected chi connectivity index (χ4v) is 7.02. The van der Waals surface area contributed by atoms with Crippen molar-refractivity contribution in [2.24, 2.45) is 0 Å². The second-order valence-corrected chi connectivity index (χ2v) is 11.2. The van der Waals surface area contributed by atoms with Crippen LogP contribution >= 0.6 is 0 Å². The first-order valence-electron chi connectivity index (χ1n) is 14.3. The smallest absolute Gasteiger partial charge is 0.335 e. The number of fused-ring (bicyclic) bond motifs is 4. The van der Waals surface area contributed by atoms with E-state index in [1.54, 1.807) is 6.07 Å². The Morgan fingerprint density at radius 2 is 1.87 bits per heavy atom. The molecule has 0 amide bonds. The largest absolute Gasteiger partial charge is 0.478 e. The molecule has 4 heterocycles. The molecule has 0 atom stereocenters. The molecule has 0 radical (unpaired) electrons. The molecule has 1 aliphatic carbocycles. The number of nitrogens with one attached hydrogen (secondary N) is 1. The van der Waals surface area contributed by atoms with Crippen molar-refractivity contribution in [3.05, 3.63) is 89.4 Å². The average molecular weight is 519 g/mol. The molecule has 0 saturated heterocycles. The van der Waals surface area contributed by atoms with Gasteiger partial charge in [0, 0.05) is 66.6 Å². The van der Waals surface area contributed by atoms with Crippen LogP contribution < -0.4 is 5.32 Å². The number of hydrogen-bond acceptors (Lipinski definition) is 3. The molecule has 1 aliphatic heterocycles. The first kappa shape index (κ1) is 24.2. The molecule has 5 aromatic rings. The number of para-hydroxylation sites is 1. The lowest BCUT2D eigenvalue weighted by atomic mass is 9.81. The lowest BCUT2D eigenvalue weighted by molar-refractivity contribution is 0.0697. The van der Waals surface area contributed by atoms with Gasteiger partial charge < -0.3 is 19.6 Å². The van der Waals surface area contributed by atoms with Gasteiger partial charge >= 0.3 is 5.97 Å². The summed E-state index contributed by atoms with van der Waals surface area (Å²) in [4.78, 5) is 16.2. The second-order valence-electron chi connectivity index (χ2n) is 11.2. The zero-order chi connectivity index (χ0) is 26.3. The Balaban J connectivity index is 1.39.